The number of halogens is 1. The molecule has 2 amide bonds. The van der Waals surface area contributed by atoms with Gasteiger partial charge in [-0.15, -0.1) is 0 Å². The van der Waals surface area contributed by atoms with Gasteiger partial charge in [-0.2, -0.15) is 0 Å². The molecular formula is C24H19FN2O4. The van der Waals surface area contributed by atoms with Gasteiger partial charge in [-0.25, -0.2) is 14.4 Å². The van der Waals surface area contributed by atoms with Crippen LogP contribution in [0, 0.1) is 11.7 Å². The lowest BCUT2D eigenvalue weighted by Gasteiger charge is -2.28. The molecule has 2 fully saturated rings. The first kappa shape index (κ1) is 19.3. The SMILES string of the molecule is COc1ccc([C@@H]2[C@H]3C(=O)N(c4ccc(F)cc4)C(=O)[C@@H]3ON2c2ccccc2)cc1. The standard InChI is InChI=1S/C24H19FN2O4/c1-30-19-13-7-15(8-14-19)21-20-22(31-27(21)18-5-3-2-4-6-18)24(29)26(23(20)28)17-11-9-16(25)10-12-17/h2-14,20-22H,1H3/t20-,21-,22-/m1/s1. The molecular weight excluding hydrogens is 399 g/mol. The molecule has 0 aromatic heterocycles. The van der Waals surface area contributed by atoms with Crippen LogP contribution >= 0.6 is 0 Å². The Kier molecular flexibility index (Phi) is 4.67. The van der Waals surface area contributed by atoms with Crippen molar-refractivity contribution in [2.45, 2.75) is 12.1 Å². The molecule has 3 aromatic rings. The van der Waals surface area contributed by atoms with Gasteiger partial charge >= 0.3 is 0 Å². The fourth-order valence-electron chi connectivity index (χ4n) is 4.20. The minimum absolute atomic E-state index is 0.328. The molecule has 0 bridgehead atoms. The molecule has 7 heteroatoms. The van der Waals surface area contributed by atoms with E-state index < -0.39 is 29.8 Å². The average molecular weight is 418 g/mol. The number of anilines is 2. The topological polar surface area (TPSA) is 59.1 Å². The number of methoxy groups -OCH3 is 1. The van der Waals surface area contributed by atoms with Crippen molar-refractivity contribution in [2.24, 2.45) is 5.92 Å². The van der Waals surface area contributed by atoms with E-state index in [0.29, 0.717) is 11.4 Å². The summed E-state index contributed by atoms with van der Waals surface area (Å²) in [5, 5.41) is 1.63. The van der Waals surface area contributed by atoms with Crippen LogP contribution in [0.4, 0.5) is 15.8 Å². The Morgan fingerprint density at radius 2 is 1.52 bits per heavy atom. The highest BCUT2D eigenvalue weighted by atomic mass is 19.1. The Balaban J connectivity index is 1.57. The van der Waals surface area contributed by atoms with Crippen LogP contribution in [-0.4, -0.2) is 25.0 Å². The van der Waals surface area contributed by atoms with Crippen molar-refractivity contribution in [1.82, 2.24) is 0 Å². The smallest absolute Gasteiger partial charge is 0.266 e. The third-order valence-electron chi connectivity index (χ3n) is 5.67. The van der Waals surface area contributed by atoms with Gasteiger partial charge in [0.25, 0.3) is 5.91 Å². The maximum absolute atomic E-state index is 13.4. The van der Waals surface area contributed by atoms with E-state index in [-0.39, 0.29) is 5.91 Å². The number of ether oxygens (including phenoxy) is 1. The van der Waals surface area contributed by atoms with Crippen molar-refractivity contribution >= 4 is 23.2 Å². The number of imide groups is 1. The zero-order valence-electron chi connectivity index (χ0n) is 16.6. The highest BCUT2D eigenvalue weighted by Crippen LogP contribution is 2.47. The Bertz CT molecular complexity index is 1120. The van der Waals surface area contributed by atoms with Gasteiger partial charge in [0.05, 0.1) is 24.5 Å². The monoisotopic (exact) mass is 418 g/mol. The number of rotatable bonds is 4. The summed E-state index contributed by atoms with van der Waals surface area (Å²) >= 11 is 0. The van der Waals surface area contributed by atoms with Crippen LogP contribution in [0.15, 0.2) is 78.9 Å². The molecule has 0 unspecified atom stereocenters. The number of benzene rings is 3. The maximum atomic E-state index is 13.4. The highest BCUT2D eigenvalue weighted by Gasteiger charge is 2.60. The highest BCUT2D eigenvalue weighted by molar-refractivity contribution is 6.23. The van der Waals surface area contributed by atoms with E-state index in [1.54, 1.807) is 12.2 Å². The molecule has 31 heavy (non-hydrogen) atoms. The minimum Gasteiger partial charge on any atom is -0.497 e. The second-order valence-electron chi connectivity index (χ2n) is 7.42. The van der Waals surface area contributed by atoms with Crippen molar-refractivity contribution in [1.29, 1.82) is 0 Å². The number of hydrogen-bond acceptors (Lipinski definition) is 5. The van der Waals surface area contributed by atoms with Gasteiger partial charge in [0, 0.05) is 0 Å². The molecule has 3 aromatic carbocycles. The van der Waals surface area contributed by atoms with E-state index in [4.69, 9.17) is 9.57 Å². The Hall–Kier alpha value is -3.71. The number of hydrogen-bond donors (Lipinski definition) is 0. The first-order chi connectivity index (χ1) is 15.1. The normalized spacial score (nSPS) is 22.7. The van der Waals surface area contributed by atoms with Gasteiger partial charge in [-0.05, 0) is 54.1 Å². The van der Waals surface area contributed by atoms with E-state index in [1.165, 1.54) is 24.3 Å². The summed E-state index contributed by atoms with van der Waals surface area (Å²) in [7, 11) is 1.58. The van der Waals surface area contributed by atoms with Crippen LogP contribution in [0.25, 0.3) is 0 Å². The van der Waals surface area contributed by atoms with Crippen molar-refractivity contribution in [3.63, 3.8) is 0 Å². The minimum atomic E-state index is -0.968. The number of nitrogens with zero attached hydrogens (tertiary/aromatic N) is 2. The van der Waals surface area contributed by atoms with Crippen LogP contribution in [0.2, 0.25) is 0 Å². The van der Waals surface area contributed by atoms with E-state index in [9.17, 15) is 14.0 Å². The average Bonchev–Trinajstić information content (AvgIpc) is 3.31. The van der Waals surface area contributed by atoms with Gasteiger partial charge in [-0.3, -0.25) is 14.4 Å². The fourth-order valence-corrected chi connectivity index (χ4v) is 4.20. The number of para-hydroxylation sites is 1. The van der Waals surface area contributed by atoms with Crippen molar-refractivity contribution in [3.8, 4) is 5.75 Å². The summed E-state index contributed by atoms with van der Waals surface area (Å²) in [5.74, 6) is -1.33. The maximum Gasteiger partial charge on any atom is 0.266 e. The molecule has 5 rings (SSSR count). The molecule has 2 saturated heterocycles. The van der Waals surface area contributed by atoms with E-state index in [0.717, 1.165) is 16.2 Å². The number of carbonyl (C=O) groups is 2. The number of carbonyl (C=O) groups excluding carboxylic acids is 2. The van der Waals surface area contributed by atoms with Crippen LogP contribution in [-0.2, 0) is 14.4 Å². The van der Waals surface area contributed by atoms with Gasteiger partial charge in [0.1, 0.15) is 17.5 Å². The molecule has 3 atom stereocenters. The molecule has 6 nitrogen and oxygen atoms in total. The predicted molar refractivity (Wildman–Crippen MR) is 112 cm³/mol. The van der Waals surface area contributed by atoms with Crippen molar-refractivity contribution in [3.05, 3.63) is 90.2 Å². The first-order valence-corrected chi connectivity index (χ1v) is 9.87. The van der Waals surface area contributed by atoms with Crippen LogP contribution in [0.5, 0.6) is 5.75 Å². The molecule has 0 aliphatic carbocycles. The largest absolute Gasteiger partial charge is 0.497 e. The molecule has 2 heterocycles. The second-order valence-corrected chi connectivity index (χ2v) is 7.42. The van der Waals surface area contributed by atoms with Crippen molar-refractivity contribution in [2.75, 3.05) is 17.1 Å². The quantitative estimate of drug-likeness (QED) is 0.602. The number of hydroxylamine groups is 1. The van der Waals surface area contributed by atoms with Gasteiger partial charge < -0.3 is 4.74 Å². The molecule has 0 N–H and O–H groups in total. The first-order valence-electron chi connectivity index (χ1n) is 9.87. The summed E-state index contributed by atoms with van der Waals surface area (Å²) in [6.07, 6.45) is -0.968. The second kappa shape index (κ2) is 7.52. The predicted octanol–water partition coefficient (Wildman–Crippen LogP) is 3.89. The zero-order chi connectivity index (χ0) is 21.5. The van der Waals surface area contributed by atoms with Crippen LogP contribution in [0.1, 0.15) is 11.6 Å². The van der Waals surface area contributed by atoms with Crippen LogP contribution in [0.3, 0.4) is 0 Å². The number of amides is 2. The molecule has 2 aliphatic rings. The van der Waals surface area contributed by atoms with Crippen molar-refractivity contribution < 1.29 is 23.6 Å². The van der Waals surface area contributed by atoms with Gasteiger partial charge in [-0.1, -0.05) is 30.3 Å². The Labute approximate surface area is 178 Å². The lowest BCUT2D eigenvalue weighted by atomic mass is 9.90. The number of fused-ring (bicyclic) bond motifs is 1. The van der Waals surface area contributed by atoms with Crippen LogP contribution < -0.4 is 14.7 Å². The third kappa shape index (κ3) is 3.14. The summed E-state index contributed by atoms with van der Waals surface area (Å²) in [5.41, 5.74) is 1.89. The summed E-state index contributed by atoms with van der Waals surface area (Å²) in [6, 6.07) is 21.5. The third-order valence-corrected chi connectivity index (χ3v) is 5.67. The summed E-state index contributed by atoms with van der Waals surface area (Å²) in [4.78, 5) is 33.8. The van der Waals surface area contributed by atoms with E-state index >= 15 is 0 Å². The lowest BCUT2D eigenvalue weighted by Crippen LogP contribution is -2.37. The Morgan fingerprint density at radius 1 is 0.839 bits per heavy atom. The van der Waals surface area contributed by atoms with E-state index in [1.807, 2.05) is 54.6 Å². The zero-order valence-corrected chi connectivity index (χ0v) is 16.6. The Morgan fingerprint density at radius 3 is 2.16 bits per heavy atom. The summed E-state index contributed by atoms with van der Waals surface area (Å²) < 4.78 is 18.6. The molecule has 0 radical (unpaired) electrons. The fraction of sp³-hybridized carbons (Fsp3) is 0.167. The molecule has 0 spiro atoms. The van der Waals surface area contributed by atoms with Gasteiger partial charge in [0.2, 0.25) is 5.91 Å². The molecule has 2 aliphatic heterocycles. The summed E-state index contributed by atoms with van der Waals surface area (Å²) in [6.45, 7) is 0. The lowest BCUT2D eigenvalue weighted by molar-refractivity contribution is -0.126. The van der Waals surface area contributed by atoms with E-state index in [2.05, 4.69) is 0 Å². The molecule has 0 saturated carbocycles. The molecule has 156 valence electrons. The van der Waals surface area contributed by atoms with Gasteiger partial charge in [0.15, 0.2) is 6.10 Å².